The van der Waals surface area contributed by atoms with Gasteiger partial charge in [-0.2, -0.15) is 4.68 Å². The van der Waals surface area contributed by atoms with E-state index in [2.05, 4.69) is 10.4 Å². The van der Waals surface area contributed by atoms with Crippen LogP contribution in [-0.2, 0) is 0 Å². The van der Waals surface area contributed by atoms with Crippen molar-refractivity contribution in [3.8, 4) is 0 Å². The van der Waals surface area contributed by atoms with E-state index in [1.807, 2.05) is 30.3 Å². The highest BCUT2D eigenvalue weighted by molar-refractivity contribution is 7.81. The molecule has 3 aromatic rings. The zero-order chi connectivity index (χ0) is 18.0. The molecule has 0 aliphatic heterocycles. The van der Waals surface area contributed by atoms with Crippen molar-refractivity contribution in [2.24, 2.45) is 0 Å². The van der Waals surface area contributed by atoms with Crippen molar-refractivity contribution in [3.63, 3.8) is 0 Å². The molecule has 0 amide bonds. The Hall–Kier alpha value is -2.90. The molecule has 25 heavy (non-hydrogen) atoms. The Kier molecular flexibility index (Phi) is 4.69. The van der Waals surface area contributed by atoms with Crippen LogP contribution in [0, 0.1) is 0 Å². The molecule has 1 heterocycles. The van der Waals surface area contributed by atoms with E-state index in [9.17, 15) is 4.79 Å². The van der Waals surface area contributed by atoms with Gasteiger partial charge in [0.05, 0.1) is 5.56 Å². The largest absolute Gasteiger partial charge is 0.383 e. The molecule has 0 bridgehead atoms. The van der Waals surface area contributed by atoms with Crippen molar-refractivity contribution in [2.75, 3.05) is 16.8 Å². The Balaban J connectivity index is 1.91. The maximum Gasteiger partial charge on any atom is 0.280 e. The number of nitrogen functional groups attached to an aromatic ring is 2. The van der Waals surface area contributed by atoms with Crippen LogP contribution in [0.25, 0.3) is 0 Å². The third-order valence-corrected chi connectivity index (χ3v) is 4.05. The monoisotopic (exact) mass is 371 g/mol. The van der Waals surface area contributed by atoms with Crippen LogP contribution < -0.4 is 16.8 Å². The maximum atomic E-state index is 12.6. The third-order valence-electron chi connectivity index (χ3n) is 3.49. The van der Waals surface area contributed by atoms with Crippen molar-refractivity contribution in [1.82, 2.24) is 9.78 Å². The molecule has 6 nitrogen and oxygen atoms in total. The number of aromatic nitrogens is 2. The zero-order valence-electron chi connectivity index (χ0n) is 12.9. The van der Waals surface area contributed by atoms with Gasteiger partial charge in [0, 0.05) is 16.3 Å². The van der Waals surface area contributed by atoms with Gasteiger partial charge in [-0.15, -0.1) is 5.10 Å². The number of halogens is 1. The number of anilines is 3. The highest BCUT2D eigenvalue weighted by Crippen LogP contribution is 2.23. The summed E-state index contributed by atoms with van der Waals surface area (Å²) in [4.78, 5) is 12.9. The van der Waals surface area contributed by atoms with Crippen molar-refractivity contribution in [2.45, 2.75) is 0 Å². The first-order valence-electron chi connectivity index (χ1n) is 7.28. The second-order valence-electron chi connectivity index (χ2n) is 5.19. The predicted molar refractivity (Wildman–Crippen MR) is 104 cm³/mol. The predicted octanol–water partition coefficient (Wildman–Crippen LogP) is 3.18. The number of nitrogens with two attached hydrogens (primary N) is 2. The number of rotatable bonds is 3. The lowest BCUT2D eigenvalue weighted by molar-refractivity contribution is 0.0948. The van der Waals surface area contributed by atoms with Gasteiger partial charge >= 0.3 is 0 Å². The number of nitrogens with zero attached hydrogens (tertiary/aromatic N) is 2. The number of hydrogen-bond donors (Lipinski definition) is 3. The molecule has 2 aromatic carbocycles. The molecule has 0 aliphatic carbocycles. The molecule has 0 fully saturated rings. The average Bonchev–Trinajstić information content (AvgIpc) is 2.90. The van der Waals surface area contributed by atoms with E-state index in [1.165, 1.54) is 0 Å². The van der Waals surface area contributed by atoms with Gasteiger partial charge in [0.1, 0.15) is 10.8 Å². The van der Waals surface area contributed by atoms with Gasteiger partial charge < -0.3 is 16.8 Å². The van der Waals surface area contributed by atoms with Crippen LogP contribution in [-0.4, -0.2) is 20.7 Å². The van der Waals surface area contributed by atoms with Crippen LogP contribution in [0.2, 0.25) is 5.02 Å². The summed E-state index contributed by atoms with van der Waals surface area (Å²) in [5.74, 6) is -0.270. The summed E-state index contributed by atoms with van der Waals surface area (Å²) >= 11 is 11.2. The van der Waals surface area contributed by atoms with E-state index in [1.54, 1.807) is 24.3 Å². The van der Waals surface area contributed by atoms with Gasteiger partial charge in [-0.05, 0) is 36.4 Å². The summed E-state index contributed by atoms with van der Waals surface area (Å²) in [7, 11) is 0. The molecule has 0 atom stereocenters. The van der Waals surface area contributed by atoms with Crippen molar-refractivity contribution in [1.29, 1.82) is 0 Å². The molecule has 0 saturated carbocycles. The van der Waals surface area contributed by atoms with Crippen LogP contribution in [0.5, 0.6) is 0 Å². The minimum Gasteiger partial charge on any atom is -0.383 e. The first-order chi connectivity index (χ1) is 12.0. The van der Waals surface area contributed by atoms with E-state index < -0.39 is 5.91 Å². The quantitative estimate of drug-likeness (QED) is 0.611. The first-order valence-corrected chi connectivity index (χ1v) is 8.06. The second-order valence-corrected chi connectivity index (χ2v) is 6.03. The minimum atomic E-state index is -0.422. The molecule has 3 rings (SSSR count). The summed E-state index contributed by atoms with van der Waals surface area (Å²) in [6.07, 6.45) is 0. The number of thiocarbonyl (C=S) groups is 1. The van der Waals surface area contributed by atoms with E-state index in [-0.39, 0.29) is 16.6 Å². The Morgan fingerprint density at radius 3 is 2.36 bits per heavy atom. The topological polar surface area (TPSA) is 99.0 Å². The molecule has 0 unspecified atom stereocenters. The van der Waals surface area contributed by atoms with Crippen LogP contribution >= 0.6 is 23.8 Å². The molecule has 5 N–H and O–H groups in total. The van der Waals surface area contributed by atoms with E-state index >= 15 is 0 Å². The lowest BCUT2D eigenvalue weighted by atomic mass is 10.2. The van der Waals surface area contributed by atoms with Gasteiger partial charge in [-0.3, -0.25) is 4.79 Å². The highest BCUT2D eigenvalue weighted by atomic mass is 35.5. The second kappa shape index (κ2) is 6.92. The van der Waals surface area contributed by atoms with Crippen LogP contribution in [0.1, 0.15) is 15.9 Å². The number of benzene rings is 2. The van der Waals surface area contributed by atoms with Crippen LogP contribution in [0.3, 0.4) is 0 Å². The number of hydrogen-bond acceptors (Lipinski definition) is 5. The van der Waals surface area contributed by atoms with Crippen molar-refractivity contribution < 1.29 is 4.79 Å². The number of nitrogens with one attached hydrogen (secondary N) is 1. The van der Waals surface area contributed by atoms with Gasteiger partial charge in [0.2, 0.25) is 0 Å². The Morgan fingerprint density at radius 1 is 1.08 bits per heavy atom. The minimum absolute atomic E-state index is 0.0749. The number of carbonyl (C=O) groups is 1. The summed E-state index contributed by atoms with van der Waals surface area (Å²) in [5.41, 5.74) is 13.5. The van der Waals surface area contributed by atoms with Gasteiger partial charge in [0.15, 0.2) is 5.82 Å². The normalized spacial score (nSPS) is 10.4. The van der Waals surface area contributed by atoms with Gasteiger partial charge in [-0.25, -0.2) is 0 Å². The number of para-hydroxylation sites is 1. The molecule has 126 valence electrons. The molecule has 0 radical (unpaired) electrons. The van der Waals surface area contributed by atoms with E-state index in [0.717, 1.165) is 10.4 Å². The maximum absolute atomic E-state index is 12.6. The standard InChI is InChI=1S/C17H14ClN5OS/c18-11-8-6-10(7-9-11)17(24)23-15(20)13(14(19)22-23)16(25)21-12-4-2-1-3-5-12/h1-9H,20H2,(H2,19,22)(H,21,25). The summed E-state index contributed by atoms with van der Waals surface area (Å²) in [5, 5.41) is 7.59. The molecule has 8 heteroatoms. The lowest BCUT2D eigenvalue weighted by Crippen LogP contribution is -2.18. The SMILES string of the molecule is Nc1nn(C(=O)c2ccc(Cl)cc2)c(N)c1C(=S)Nc1ccccc1. The average molecular weight is 372 g/mol. The van der Waals surface area contributed by atoms with Crippen LogP contribution in [0.15, 0.2) is 54.6 Å². The van der Waals surface area contributed by atoms with Crippen molar-refractivity contribution in [3.05, 3.63) is 70.7 Å². The molecule has 0 saturated heterocycles. The van der Waals surface area contributed by atoms with E-state index in [4.69, 9.17) is 35.3 Å². The molecule has 1 aromatic heterocycles. The summed E-state index contributed by atoms with van der Waals surface area (Å²) < 4.78 is 1.03. The third kappa shape index (κ3) is 3.47. The highest BCUT2D eigenvalue weighted by Gasteiger charge is 2.22. The molecule has 0 spiro atoms. The molecular formula is C17H14ClN5OS. The molecule has 0 aliphatic rings. The number of carbonyl (C=O) groups excluding carboxylic acids is 1. The lowest BCUT2D eigenvalue weighted by Gasteiger charge is -2.08. The summed E-state index contributed by atoms with van der Waals surface area (Å²) in [6.45, 7) is 0. The fourth-order valence-corrected chi connectivity index (χ4v) is 2.72. The van der Waals surface area contributed by atoms with Gasteiger partial charge in [0.25, 0.3) is 5.91 Å². The fraction of sp³-hybridized carbons (Fsp3) is 0. The Labute approximate surface area is 154 Å². The van der Waals surface area contributed by atoms with Gasteiger partial charge in [-0.1, -0.05) is 42.0 Å². The zero-order valence-corrected chi connectivity index (χ0v) is 14.5. The van der Waals surface area contributed by atoms with Crippen LogP contribution in [0.4, 0.5) is 17.3 Å². The summed E-state index contributed by atoms with van der Waals surface area (Å²) in [6, 6.07) is 15.7. The van der Waals surface area contributed by atoms with E-state index in [0.29, 0.717) is 16.1 Å². The fourth-order valence-electron chi connectivity index (χ4n) is 2.27. The first kappa shape index (κ1) is 16.9. The molecular weight excluding hydrogens is 358 g/mol. The smallest absolute Gasteiger partial charge is 0.280 e. The van der Waals surface area contributed by atoms with Crippen molar-refractivity contribution >= 4 is 52.0 Å². The Morgan fingerprint density at radius 2 is 1.72 bits per heavy atom. The Bertz CT molecular complexity index is 938.